The molecule has 1 aromatic carbocycles. The summed E-state index contributed by atoms with van der Waals surface area (Å²) in [7, 11) is 0. The average molecular weight is 477 g/mol. The lowest BCUT2D eigenvalue weighted by Crippen LogP contribution is -2.62. The Labute approximate surface area is 207 Å². The van der Waals surface area contributed by atoms with Crippen LogP contribution < -0.4 is 15.5 Å². The lowest BCUT2D eigenvalue weighted by atomic mass is 9.76. The van der Waals surface area contributed by atoms with Gasteiger partial charge in [-0.1, -0.05) is 18.2 Å². The Bertz CT molecular complexity index is 1090. The zero-order valence-electron chi connectivity index (χ0n) is 21.0. The van der Waals surface area contributed by atoms with Crippen molar-refractivity contribution >= 4 is 17.8 Å². The largest absolute Gasteiger partial charge is 0.351 e. The number of nitrogens with zero attached hydrogens (tertiary/aromatic N) is 4. The van der Waals surface area contributed by atoms with Crippen molar-refractivity contribution in [1.82, 2.24) is 25.5 Å². The zero-order chi connectivity index (χ0) is 24.6. The molecule has 2 saturated heterocycles. The van der Waals surface area contributed by atoms with E-state index in [1.807, 2.05) is 57.4 Å². The summed E-state index contributed by atoms with van der Waals surface area (Å²) < 4.78 is 0. The van der Waals surface area contributed by atoms with Gasteiger partial charge in [0.1, 0.15) is 0 Å². The molecule has 3 aliphatic heterocycles. The number of carbonyl (C=O) groups excluding carboxylic acids is 2. The highest BCUT2D eigenvalue weighted by Crippen LogP contribution is 2.36. The minimum absolute atomic E-state index is 0.0172. The molecule has 186 valence electrons. The number of anilines is 1. The third-order valence-corrected chi connectivity index (χ3v) is 7.30. The van der Waals surface area contributed by atoms with Crippen LogP contribution in [0.5, 0.6) is 0 Å². The molecule has 0 aliphatic carbocycles. The van der Waals surface area contributed by atoms with Gasteiger partial charge >= 0.3 is 0 Å². The summed E-state index contributed by atoms with van der Waals surface area (Å²) in [5.74, 6) is 0.324. The summed E-state index contributed by atoms with van der Waals surface area (Å²) >= 11 is 0. The van der Waals surface area contributed by atoms with Crippen LogP contribution in [0.3, 0.4) is 0 Å². The van der Waals surface area contributed by atoms with E-state index in [1.54, 1.807) is 0 Å². The van der Waals surface area contributed by atoms with Gasteiger partial charge in [-0.15, -0.1) is 0 Å². The van der Waals surface area contributed by atoms with Crippen molar-refractivity contribution in [3.63, 3.8) is 0 Å². The quantitative estimate of drug-likeness (QED) is 0.705. The molecule has 0 saturated carbocycles. The Kier molecular flexibility index (Phi) is 6.25. The minimum Gasteiger partial charge on any atom is -0.351 e. The number of hydrogen-bond acceptors (Lipinski definition) is 6. The highest BCUT2D eigenvalue weighted by atomic mass is 16.2. The van der Waals surface area contributed by atoms with E-state index in [-0.39, 0.29) is 23.3 Å². The number of hydrogen-bond donors (Lipinski definition) is 2. The van der Waals surface area contributed by atoms with Gasteiger partial charge in [0.15, 0.2) is 0 Å². The highest BCUT2D eigenvalue weighted by Gasteiger charge is 2.53. The van der Waals surface area contributed by atoms with Crippen molar-refractivity contribution in [1.29, 1.82) is 0 Å². The Morgan fingerprint density at radius 1 is 1.14 bits per heavy atom. The fraction of sp³-hybridized carbons (Fsp3) is 0.556. The number of rotatable bonds is 4. The third kappa shape index (κ3) is 5.03. The molecule has 4 heterocycles. The molecule has 2 atom stereocenters. The summed E-state index contributed by atoms with van der Waals surface area (Å²) in [6.45, 7) is 9.79. The second kappa shape index (κ2) is 9.22. The molecule has 2 N–H and O–H groups in total. The van der Waals surface area contributed by atoms with E-state index in [2.05, 4.69) is 30.4 Å². The summed E-state index contributed by atoms with van der Waals surface area (Å²) in [5, 5.41) is 6.41. The molecule has 0 radical (unpaired) electrons. The fourth-order valence-electron chi connectivity index (χ4n) is 5.74. The van der Waals surface area contributed by atoms with Crippen LogP contribution in [0.4, 0.5) is 5.95 Å². The number of benzene rings is 1. The molecule has 2 aromatic rings. The molecule has 8 nitrogen and oxygen atoms in total. The van der Waals surface area contributed by atoms with Crippen LogP contribution in [0.25, 0.3) is 0 Å². The standard InChI is InChI=1S/C27H36N6O2/c1-26(2,3)30-24(35)22-17-32(16-19-14-28-25(29-15-19)33-11-7-4-8-12-33)18-27(22)13-20-9-5-6-10-21(20)23(34)31-27/h5-6,9-10,14-15,22H,4,7-8,11-13,16-18H2,1-3H3,(H,30,35)(H,31,34)/t22-,27-/m1/s1. The number of carbonyl (C=O) groups is 2. The van der Waals surface area contributed by atoms with Gasteiger partial charge < -0.3 is 15.5 Å². The molecular weight excluding hydrogens is 440 g/mol. The first kappa shape index (κ1) is 23.7. The van der Waals surface area contributed by atoms with Gasteiger partial charge in [-0.2, -0.15) is 0 Å². The van der Waals surface area contributed by atoms with Crippen molar-refractivity contribution in [3.8, 4) is 0 Å². The molecule has 1 spiro atoms. The van der Waals surface area contributed by atoms with Crippen molar-refractivity contribution in [2.45, 2.75) is 64.1 Å². The maximum atomic E-state index is 13.5. The number of amides is 2. The van der Waals surface area contributed by atoms with Crippen LogP contribution in [-0.2, 0) is 17.8 Å². The van der Waals surface area contributed by atoms with Gasteiger partial charge in [-0.25, -0.2) is 9.97 Å². The maximum absolute atomic E-state index is 13.5. The molecule has 2 amide bonds. The lowest BCUT2D eigenvalue weighted by molar-refractivity contribution is -0.127. The van der Waals surface area contributed by atoms with Crippen LogP contribution in [0.1, 0.15) is 61.5 Å². The predicted octanol–water partition coefficient (Wildman–Crippen LogP) is 2.54. The number of piperidine rings is 1. The number of likely N-dealkylation sites (tertiary alicyclic amines) is 1. The van der Waals surface area contributed by atoms with Crippen LogP contribution in [0, 0.1) is 5.92 Å². The summed E-state index contributed by atoms with van der Waals surface area (Å²) in [4.78, 5) is 40.3. The molecular formula is C27H36N6O2. The molecule has 8 heteroatoms. The molecule has 0 bridgehead atoms. The second-order valence-electron chi connectivity index (χ2n) is 11.3. The van der Waals surface area contributed by atoms with E-state index in [9.17, 15) is 9.59 Å². The zero-order valence-corrected chi connectivity index (χ0v) is 21.0. The van der Waals surface area contributed by atoms with Gasteiger partial charge in [0, 0.05) is 61.8 Å². The Morgan fingerprint density at radius 2 is 1.86 bits per heavy atom. The van der Waals surface area contributed by atoms with Crippen LogP contribution >= 0.6 is 0 Å². The monoisotopic (exact) mass is 476 g/mol. The first-order chi connectivity index (χ1) is 16.7. The topological polar surface area (TPSA) is 90.5 Å². The Hall–Kier alpha value is -3.00. The van der Waals surface area contributed by atoms with Crippen molar-refractivity contribution < 1.29 is 9.59 Å². The minimum atomic E-state index is -0.643. The van der Waals surface area contributed by atoms with Crippen LogP contribution in [0.2, 0.25) is 0 Å². The highest BCUT2D eigenvalue weighted by molar-refractivity contribution is 5.98. The predicted molar refractivity (Wildman–Crippen MR) is 135 cm³/mol. The van der Waals surface area contributed by atoms with Crippen molar-refractivity contribution in [3.05, 3.63) is 53.3 Å². The summed E-state index contributed by atoms with van der Waals surface area (Å²) in [5.41, 5.74) is 1.73. The number of aromatic nitrogens is 2. The Morgan fingerprint density at radius 3 is 2.57 bits per heavy atom. The maximum Gasteiger partial charge on any atom is 0.252 e. The van der Waals surface area contributed by atoms with Crippen LogP contribution in [-0.4, -0.2) is 63.9 Å². The first-order valence-electron chi connectivity index (χ1n) is 12.7. The lowest BCUT2D eigenvalue weighted by Gasteiger charge is -2.40. The van der Waals surface area contributed by atoms with Crippen molar-refractivity contribution in [2.75, 3.05) is 31.1 Å². The van der Waals surface area contributed by atoms with Gasteiger partial charge in [-0.3, -0.25) is 14.5 Å². The van der Waals surface area contributed by atoms with Gasteiger partial charge in [0.2, 0.25) is 11.9 Å². The SMILES string of the molecule is CC(C)(C)NC(=O)[C@H]1CN(Cc2cnc(N3CCCCC3)nc2)C[C@]12Cc1ccccc1C(=O)N2. The third-order valence-electron chi connectivity index (χ3n) is 7.30. The molecule has 2 fully saturated rings. The summed E-state index contributed by atoms with van der Waals surface area (Å²) in [6, 6.07) is 7.71. The van der Waals surface area contributed by atoms with E-state index >= 15 is 0 Å². The fourth-order valence-corrected chi connectivity index (χ4v) is 5.74. The summed E-state index contributed by atoms with van der Waals surface area (Å²) in [6.07, 6.45) is 8.10. The molecule has 1 aromatic heterocycles. The van der Waals surface area contributed by atoms with Crippen molar-refractivity contribution in [2.24, 2.45) is 5.92 Å². The number of fused-ring (bicyclic) bond motifs is 1. The van der Waals surface area contributed by atoms with E-state index in [1.165, 1.54) is 19.3 Å². The Balaban J connectivity index is 1.36. The van der Waals surface area contributed by atoms with Gasteiger partial charge in [-0.05, 0) is 58.1 Å². The van der Waals surface area contributed by atoms with Gasteiger partial charge in [0.05, 0.1) is 11.5 Å². The van der Waals surface area contributed by atoms with E-state index < -0.39 is 5.54 Å². The molecule has 0 unspecified atom stereocenters. The average Bonchev–Trinajstić information content (AvgIpc) is 3.15. The van der Waals surface area contributed by atoms with E-state index in [0.717, 1.165) is 30.2 Å². The van der Waals surface area contributed by atoms with E-state index in [4.69, 9.17) is 0 Å². The smallest absolute Gasteiger partial charge is 0.252 e. The normalized spacial score (nSPS) is 24.8. The van der Waals surface area contributed by atoms with E-state index in [0.29, 0.717) is 31.6 Å². The molecule has 35 heavy (non-hydrogen) atoms. The first-order valence-corrected chi connectivity index (χ1v) is 12.7. The van der Waals surface area contributed by atoms with Gasteiger partial charge in [0.25, 0.3) is 5.91 Å². The molecule has 5 rings (SSSR count). The number of nitrogens with one attached hydrogen (secondary N) is 2. The van der Waals surface area contributed by atoms with Crippen LogP contribution in [0.15, 0.2) is 36.7 Å². The second-order valence-corrected chi connectivity index (χ2v) is 11.3. The molecule has 3 aliphatic rings.